The molecule has 0 bridgehead atoms. The SMILES string of the molecule is Nc1nc2cc(CF)ccc2n1Cc1ccc(Cl)cc1. The fourth-order valence-electron chi connectivity index (χ4n) is 2.22. The van der Waals surface area contributed by atoms with E-state index in [1.54, 1.807) is 12.1 Å². The molecule has 0 unspecified atom stereocenters. The van der Waals surface area contributed by atoms with Crippen LogP contribution in [0.2, 0.25) is 5.02 Å². The minimum atomic E-state index is -0.500. The minimum absolute atomic E-state index is 0.422. The van der Waals surface area contributed by atoms with E-state index >= 15 is 0 Å². The maximum atomic E-state index is 12.7. The van der Waals surface area contributed by atoms with Gasteiger partial charge in [0.2, 0.25) is 5.95 Å². The summed E-state index contributed by atoms with van der Waals surface area (Å²) >= 11 is 5.87. The third kappa shape index (κ3) is 2.34. The van der Waals surface area contributed by atoms with E-state index in [9.17, 15) is 4.39 Å². The zero-order valence-corrected chi connectivity index (χ0v) is 11.4. The van der Waals surface area contributed by atoms with Crippen molar-refractivity contribution < 1.29 is 4.39 Å². The Morgan fingerprint density at radius 1 is 1.10 bits per heavy atom. The van der Waals surface area contributed by atoms with Crippen LogP contribution in [0.25, 0.3) is 11.0 Å². The van der Waals surface area contributed by atoms with Gasteiger partial charge in [-0.2, -0.15) is 0 Å². The molecule has 2 N–H and O–H groups in total. The highest BCUT2D eigenvalue weighted by atomic mass is 35.5. The van der Waals surface area contributed by atoms with E-state index < -0.39 is 6.67 Å². The molecule has 1 aromatic heterocycles. The van der Waals surface area contributed by atoms with E-state index in [4.69, 9.17) is 17.3 Å². The topological polar surface area (TPSA) is 43.8 Å². The summed E-state index contributed by atoms with van der Waals surface area (Å²) in [5.74, 6) is 0.422. The van der Waals surface area contributed by atoms with Crippen molar-refractivity contribution in [2.24, 2.45) is 0 Å². The number of fused-ring (bicyclic) bond motifs is 1. The summed E-state index contributed by atoms with van der Waals surface area (Å²) in [6.45, 7) is 0.106. The molecule has 0 aliphatic rings. The number of alkyl halides is 1. The summed E-state index contributed by atoms with van der Waals surface area (Å²) < 4.78 is 14.6. The first kappa shape index (κ1) is 12.9. The zero-order chi connectivity index (χ0) is 14.1. The molecule has 0 atom stereocenters. The van der Waals surface area contributed by atoms with Crippen LogP contribution in [-0.4, -0.2) is 9.55 Å². The molecule has 0 saturated heterocycles. The van der Waals surface area contributed by atoms with Gasteiger partial charge in [0.05, 0.1) is 17.6 Å². The first-order valence-corrected chi connectivity index (χ1v) is 6.60. The molecule has 0 amide bonds. The Kier molecular flexibility index (Phi) is 3.32. The van der Waals surface area contributed by atoms with E-state index in [0.717, 1.165) is 11.1 Å². The van der Waals surface area contributed by atoms with Crippen LogP contribution in [0, 0.1) is 0 Å². The molecule has 1 heterocycles. The minimum Gasteiger partial charge on any atom is -0.369 e. The molecule has 102 valence electrons. The van der Waals surface area contributed by atoms with Gasteiger partial charge in [0.1, 0.15) is 6.67 Å². The predicted molar refractivity (Wildman–Crippen MR) is 79.5 cm³/mol. The number of hydrogen-bond donors (Lipinski definition) is 1. The Labute approximate surface area is 120 Å². The van der Waals surface area contributed by atoms with Crippen molar-refractivity contribution >= 4 is 28.6 Å². The van der Waals surface area contributed by atoms with E-state index in [-0.39, 0.29) is 0 Å². The van der Waals surface area contributed by atoms with Crippen LogP contribution < -0.4 is 5.73 Å². The normalized spacial score (nSPS) is 11.1. The molecule has 3 rings (SSSR count). The Bertz CT molecular complexity index is 750. The van der Waals surface area contributed by atoms with Gasteiger partial charge in [-0.3, -0.25) is 0 Å². The number of nitrogens with two attached hydrogens (primary N) is 1. The molecular weight excluding hydrogens is 277 g/mol. The monoisotopic (exact) mass is 289 g/mol. The number of nitrogens with zero attached hydrogens (tertiary/aromatic N) is 2. The number of halogens is 2. The predicted octanol–water partition coefficient (Wildman–Crippen LogP) is 3.79. The molecule has 5 heteroatoms. The lowest BCUT2D eigenvalue weighted by Crippen LogP contribution is -2.04. The molecule has 0 saturated carbocycles. The van der Waals surface area contributed by atoms with Gasteiger partial charge in [-0.1, -0.05) is 29.8 Å². The van der Waals surface area contributed by atoms with Gasteiger partial charge in [-0.15, -0.1) is 0 Å². The van der Waals surface area contributed by atoms with Gasteiger partial charge in [-0.05, 0) is 35.4 Å². The highest BCUT2D eigenvalue weighted by Gasteiger charge is 2.09. The zero-order valence-electron chi connectivity index (χ0n) is 10.7. The first-order chi connectivity index (χ1) is 9.67. The molecule has 0 spiro atoms. The largest absolute Gasteiger partial charge is 0.369 e. The second-order valence-electron chi connectivity index (χ2n) is 4.64. The second kappa shape index (κ2) is 5.13. The van der Waals surface area contributed by atoms with E-state index in [0.29, 0.717) is 28.6 Å². The number of anilines is 1. The fraction of sp³-hybridized carbons (Fsp3) is 0.133. The van der Waals surface area contributed by atoms with Crippen molar-refractivity contribution in [2.75, 3.05) is 5.73 Å². The average molecular weight is 290 g/mol. The fourth-order valence-corrected chi connectivity index (χ4v) is 2.34. The van der Waals surface area contributed by atoms with Crippen LogP contribution in [0.5, 0.6) is 0 Å². The van der Waals surface area contributed by atoms with Crippen LogP contribution in [0.1, 0.15) is 11.1 Å². The maximum absolute atomic E-state index is 12.7. The summed E-state index contributed by atoms with van der Waals surface area (Å²) in [5.41, 5.74) is 9.25. The van der Waals surface area contributed by atoms with Gasteiger partial charge in [0.25, 0.3) is 0 Å². The van der Waals surface area contributed by atoms with Crippen molar-refractivity contribution in [1.82, 2.24) is 9.55 Å². The highest BCUT2D eigenvalue weighted by molar-refractivity contribution is 6.30. The first-order valence-electron chi connectivity index (χ1n) is 6.22. The lowest BCUT2D eigenvalue weighted by Gasteiger charge is -2.07. The summed E-state index contributed by atoms with van der Waals surface area (Å²) in [5, 5.41) is 0.699. The molecule has 0 fully saturated rings. The molecule has 0 radical (unpaired) electrons. The summed E-state index contributed by atoms with van der Waals surface area (Å²) in [4.78, 5) is 4.28. The van der Waals surface area contributed by atoms with Gasteiger partial charge < -0.3 is 10.3 Å². The highest BCUT2D eigenvalue weighted by Crippen LogP contribution is 2.21. The van der Waals surface area contributed by atoms with Crippen LogP contribution >= 0.6 is 11.6 Å². The van der Waals surface area contributed by atoms with Gasteiger partial charge in [0.15, 0.2) is 0 Å². The summed E-state index contributed by atoms with van der Waals surface area (Å²) in [6, 6.07) is 12.9. The van der Waals surface area contributed by atoms with Crippen molar-refractivity contribution in [2.45, 2.75) is 13.2 Å². The number of benzene rings is 2. The number of aromatic nitrogens is 2. The lowest BCUT2D eigenvalue weighted by atomic mass is 10.2. The molecule has 3 aromatic rings. The van der Waals surface area contributed by atoms with E-state index in [2.05, 4.69) is 4.98 Å². The summed E-state index contributed by atoms with van der Waals surface area (Å²) in [6.07, 6.45) is 0. The molecule has 20 heavy (non-hydrogen) atoms. The molecular formula is C15H13ClFN3. The standard InChI is InChI=1S/C15H13ClFN3/c16-12-4-1-10(2-5-12)9-20-14-6-3-11(8-17)7-13(14)19-15(20)18/h1-7H,8-9H2,(H2,18,19). The van der Waals surface area contributed by atoms with Crippen LogP contribution in [0.15, 0.2) is 42.5 Å². The number of hydrogen-bond acceptors (Lipinski definition) is 2. The van der Waals surface area contributed by atoms with Crippen LogP contribution in [-0.2, 0) is 13.2 Å². The molecule has 0 aliphatic carbocycles. The Morgan fingerprint density at radius 2 is 1.80 bits per heavy atom. The number of imidazole rings is 1. The second-order valence-corrected chi connectivity index (χ2v) is 5.08. The van der Waals surface area contributed by atoms with Crippen molar-refractivity contribution in [3.63, 3.8) is 0 Å². The third-order valence-corrected chi connectivity index (χ3v) is 3.50. The van der Waals surface area contributed by atoms with Crippen molar-refractivity contribution in [3.8, 4) is 0 Å². The Balaban J connectivity index is 2.02. The van der Waals surface area contributed by atoms with Gasteiger partial charge >= 0.3 is 0 Å². The van der Waals surface area contributed by atoms with Gasteiger partial charge in [-0.25, -0.2) is 9.37 Å². The lowest BCUT2D eigenvalue weighted by molar-refractivity contribution is 0.485. The molecule has 2 aromatic carbocycles. The smallest absolute Gasteiger partial charge is 0.201 e. The third-order valence-electron chi connectivity index (χ3n) is 3.25. The van der Waals surface area contributed by atoms with Crippen LogP contribution in [0.3, 0.4) is 0 Å². The van der Waals surface area contributed by atoms with Crippen molar-refractivity contribution in [3.05, 3.63) is 58.6 Å². The maximum Gasteiger partial charge on any atom is 0.201 e. The van der Waals surface area contributed by atoms with Crippen LogP contribution in [0.4, 0.5) is 10.3 Å². The van der Waals surface area contributed by atoms with Crippen molar-refractivity contribution in [1.29, 1.82) is 0 Å². The van der Waals surface area contributed by atoms with Gasteiger partial charge in [0, 0.05) is 5.02 Å². The van der Waals surface area contributed by atoms with E-state index in [1.165, 1.54) is 0 Å². The average Bonchev–Trinajstić information content (AvgIpc) is 2.76. The van der Waals surface area contributed by atoms with E-state index in [1.807, 2.05) is 34.9 Å². The Morgan fingerprint density at radius 3 is 2.50 bits per heavy atom. The number of rotatable bonds is 3. The molecule has 3 nitrogen and oxygen atoms in total. The molecule has 0 aliphatic heterocycles. The Hall–Kier alpha value is -2.07. The summed E-state index contributed by atoms with van der Waals surface area (Å²) in [7, 11) is 0. The number of nitrogen functional groups attached to an aromatic ring is 1. The quantitative estimate of drug-likeness (QED) is 0.797.